The van der Waals surface area contributed by atoms with Gasteiger partial charge in [-0.25, -0.2) is 18.0 Å². The number of hydrogen-bond donors (Lipinski definition) is 1. The SMILES string of the molecule is [C-]#[N+]c1c(C2CC2)n(C)c2cc(S(=O)(=O)NC3CCC(C(=O)N4CCOCC4)CC3)ccc12. The number of morpholine rings is 1. The smallest absolute Gasteiger partial charge is 0.240 e. The predicted molar refractivity (Wildman–Crippen MR) is 125 cm³/mol. The molecule has 1 N–H and O–H groups in total. The third kappa shape index (κ3) is 4.27. The lowest BCUT2D eigenvalue weighted by Gasteiger charge is -2.34. The normalized spacial score (nSPS) is 24.1. The molecule has 8 nitrogen and oxygen atoms in total. The number of carbonyl (C=O) groups excluding carboxylic acids is 1. The minimum atomic E-state index is -3.69. The van der Waals surface area contributed by atoms with E-state index in [-0.39, 0.29) is 22.8 Å². The molecule has 2 aromatic rings. The number of sulfonamides is 1. The van der Waals surface area contributed by atoms with Crippen LogP contribution in [0.2, 0.25) is 0 Å². The summed E-state index contributed by atoms with van der Waals surface area (Å²) in [5.41, 5.74) is 2.45. The van der Waals surface area contributed by atoms with E-state index in [0.717, 1.165) is 29.4 Å². The van der Waals surface area contributed by atoms with Gasteiger partial charge in [-0.3, -0.25) is 4.79 Å². The number of amides is 1. The highest BCUT2D eigenvalue weighted by molar-refractivity contribution is 7.89. The summed E-state index contributed by atoms with van der Waals surface area (Å²) in [6.07, 6.45) is 4.85. The summed E-state index contributed by atoms with van der Waals surface area (Å²) in [5, 5.41) is 0.815. The van der Waals surface area contributed by atoms with Crippen LogP contribution < -0.4 is 4.72 Å². The average Bonchev–Trinajstić information content (AvgIpc) is 3.63. The molecule has 2 saturated carbocycles. The van der Waals surface area contributed by atoms with Crippen LogP contribution in [0.3, 0.4) is 0 Å². The summed E-state index contributed by atoms with van der Waals surface area (Å²) in [7, 11) is -1.78. The maximum Gasteiger partial charge on any atom is 0.240 e. The number of benzene rings is 1. The Morgan fingerprint density at radius 2 is 1.82 bits per heavy atom. The minimum Gasteiger partial charge on any atom is -0.378 e. The fraction of sp³-hybridized carbons (Fsp3) is 0.583. The van der Waals surface area contributed by atoms with Gasteiger partial charge in [0.1, 0.15) is 0 Å². The Hall–Kier alpha value is -2.41. The number of aryl methyl sites for hydroxylation is 1. The van der Waals surface area contributed by atoms with Crippen molar-refractivity contribution in [2.45, 2.75) is 55.4 Å². The van der Waals surface area contributed by atoms with E-state index in [1.54, 1.807) is 18.2 Å². The minimum absolute atomic E-state index is 0.0311. The molecule has 1 saturated heterocycles. The van der Waals surface area contributed by atoms with E-state index < -0.39 is 10.0 Å². The molecule has 0 radical (unpaired) electrons. The fourth-order valence-electron chi connectivity index (χ4n) is 5.31. The largest absolute Gasteiger partial charge is 0.378 e. The van der Waals surface area contributed by atoms with Gasteiger partial charge in [-0.15, -0.1) is 0 Å². The van der Waals surface area contributed by atoms with E-state index in [0.29, 0.717) is 63.6 Å². The summed E-state index contributed by atoms with van der Waals surface area (Å²) in [6.45, 7) is 10.1. The van der Waals surface area contributed by atoms with Crippen LogP contribution in [0, 0.1) is 12.5 Å². The first-order valence-electron chi connectivity index (χ1n) is 11.8. The predicted octanol–water partition coefficient (Wildman–Crippen LogP) is 3.30. The zero-order chi connectivity index (χ0) is 23.2. The third-order valence-electron chi connectivity index (χ3n) is 7.30. The van der Waals surface area contributed by atoms with E-state index in [9.17, 15) is 13.2 Å². The van der Waals surface area contributed by atoms with Gasteiger partial charge in [-0.2, -0.15) is 0 Å². The Morgan fingerprint density at radius 3 is 2.45 bits per heavy atom. The molecular weight excluding hydrogens is 440 g/mol. The molecule has 9 heteroatoms. The lowest BCUT2D eigenvalue weighted by Crippen LogP contribution is -2.46. The molecule has 0 atom stereocenters. The summed E-state index contributed by atoms with van der Waals surface area (Å²) >= 11 is 0. The number of nitrogens with one attached hydrogen (secondary N) is 1. The number of fused-ring (bicyclic) bond motifs is 1. The van der Waals surface area contributed by atoms with Crippen LogP contribution in [0.5, 0.6) is 0 Å². The number of nitrogens with zero attached hydrogens (tertiary/aromatic N) is 3. The van der Waals surface area contributed by atoms with Gasteiger partial charge in [-0.1, -0.05) is 6.07 Å². The number of hydrogen-bond acceptors (Lipinski definition) is 4. The van der Waals surface area contributed by atoms with E-state index in [1.165, 1.54) is 0 Å². The lowest BCUT2D eigenvalue weighted by molar-refractivity contribution is -0.140. The van der Waals surface area contributed by atoms with Crippen molar-refractivity contribution in [3.63, 3.8) is 0 Å². The van der Waals surface area contributed by atoms with Crippen molar-refractivity contribution in [1.82, 2.24) is 14.2 Å². The highest BCUT2D eigenvalue weighted by Crippen LogP contribution is 2.48. The van der Waals surface area contributed by atoms with Crippen LogP contribution in [0.25, 0.3) is 15.7 Å². The van der Waals surface area contributed by atoms with Crippen LogP contribution in [-0.4, -0.2) is 56.1 Å². The maximum absolute atomic E-state index is 13.2. The molecule has 2 aliphatic carbocycles. The van der Waals surface area contributed by atoms with Crippen molar-refractivity contribution in [3.05, 3.63) is 35.3 Å². The van der Waals surface area contributed by atoms with Crippen LogP contribution in [0.4, 0.5) is 5.69 Å². The van der Waals surface area contributed by atoms with E-state index in [2.05, 4.69) is 9.57 Å². The summed E-state index contributed by atoms with van der Waals surface area (Å²) in [6, 6.07) is 4.88. The molecule has 0 unspecified atom stereocenters. The topological polar surface area (TPSA) is 85.0 Å². The molecule has 33 heavy (non-hydrogen) atoms. The monoisotopic (exact) mass is 470 g/mol. The molecule has 176 valence electrons. The van der Waals surface area contributed by atoms with Gasteiger partial charge < -0.3 is 14.2 Å². The van der Waals surface area contributed by atoms with Crippen LogP contribution in [0.15, 0.2) is 23.1 Å². The van der Waals surface area contributed by atoms with E-state index in [1.807, 2.05) is 16.5 Å². The molecule has 1 aliphatic heterocycles. The Balaban J connectivity index is 1.28. The van der Waals surface area contributed by atoms with Crippen molar-refractivity contribution in [1.29, 1.82) is 0 Å². The molecule has 1 aromatic heterocycles. The van der Waals surface area contributed by atoms with Crippen molar-refractivity contribution >= 4 is 32.5 Å². The van der Waals surface area contributed by atoms with Crippen molar-refractivity contribution < 1.29 is 17.9 Å². The fourth-order valence-corrected chi connectivity index (χ4v) is 6.64. The molecule has 0 spiro atoms. The highest BCUT2D eigenvalue weighted by Gasteiger charge is 2.33. The van der Waals surface area contributed by atoms with Gasteiger partial charge in [0.15, 0.2) is 0 Å². The van der Waals surface area contributed by atoms with Crippen molar-refractivity contribution in [3.8, 4) is 0 Å². The van der Waals surface area contributed by atoms with Crippen LogP contribution in [-0.2, 0) is 26.6 Å². The summed E-state index contributed by atoms with van der Waals surface area (Å²) in [4.78, 5) is 18.6. The number of ether oxygens (including phenoxy) is 1. The van der Waals surface area contributed by atoms with Gasteiger partial charge in [0.2, 0.25) is 21.6 Å². The van der Waals surface area contributed by atoms with Gasteiger partial charge in [-0.05, 0) is 56.6 Å². The standard InChI is InChI=1S/C24H30N4O4S/c1-25-22-20-10-9-19(15-21(20)27(2)23(22)16-3-4-16)33(30,31)26-18-7-5-17(6-8-18)24(29)28-11-13-32-14-12-28/h9-10,15-18,26H,3-8,11-14H2,2H3. The number of rotatable bonds is 5. The van der Waals surface area contributed by atoms with Crippen LogP contribution in [0.1, 0.15) is 50.1 Å². The van der Waals surface area contributed by atoms with Gasteiger partial charge >= 0.3 is 0 Å². The Labute approximate surface area is 194 Å². The zero-order valence-corrected chi connectivity index (χ0v) is 19.7. The molecule has 5 rings (SSSR count). The summed E-state index contributed by atoms with van der Waals surface area (Å²) < 4.78 is 36.5. The molecule has 1 aromatic carbocycles. The lowest BCUT2D eigenvalue weighted by atomic mass is 9.85. The molecule has 1 amide bonds. The quantitative estimate of drug-likeness (QED) is 0.680. The molecular formula is C24H30N4O4S. The first-order chi connectivity index (χ1) is 15.9. The van der Waals surface area contributed by atoms with E-state index >= 15 is 0 Å². The second-order valence-electron chi connectivity index (χ2n) is 9.47. The molecule has 3 aliphatic rings. The Morgan fingerprint density at radius 1 is 1.12 bits per heavy atom. The summed E-state index contributed by atoms with van der Waals surface area (Å²) in [5.74, 6) is 0.548. The van der Waals surface area contributed by atoms with Gasteiger partial charge in [0.05, 0.1) is 24.7 Å². The second-order valence-corrected chi connectivity index (χ2v) is 11.2. The second kappa shape index (κ2) is 8.75. The zero-order valence-electron chi connectivity index (χ0n) is 18.9. The number of carbonyl (C=O) groups is 1. The number of aromatic nitrogens is 1. The molecule has 0 bridgehead atoms. The maximum atomic E-state index is 13.2. The van der Waals surface area contributed by atoms with Crippen molar-refractivity contribution in [2.24, 2.45) is 13.0 Å². The third-order valence-corrected chi connectivity index (χ3v) is 8.81. The van der Waals surface area contributed by atoms with Crippen molar-refractivity contribution in [2.75, 3.05) is 26.3 Å². The molecule has 2 heterocycles. The first-order valence-corrected chi connectivity index (χ1v) is 13.3. The first kappa shape index (κ1) is 22.4. The highest BCUT2D eigenvalue weighted by atomic mass is 32.2. The van der Waals surface area contributed by atoms with Gasteiger partial charge in [0.25, 0.3) is 0 Å². The molecule has 3 fully saturated rings. The van der Waals surface area contributed by atoms with Crippen LogP contribution >= 0.6 is 0 Å². The van der Waals surface area contributed by atoms with E-state index in [4.69, 9.17) is 11.3 Å². The Kier molecular flexibility index (Phi) is 5.93. The Bertz CT molecular complexity index is 1210. The average molecular weight is 471 g/mol. The van der Waals surface area contributed by atoms with Gasteiger partial charge in [0, 0.05) is 48.7 Å².